The van der Waals surface area contributed by atoms with Gasteiger partial charge in [0, 0.05) is 17.3 Å². The first-order chi connectivity index (χ1) is 7.59. The minimum atomic E-state index is 0.440. The Balaban J connectivity index is 2.64. The third-order valence-corrected chi connectivity index (χ3v) is 2.81. The lowest BCUT2D eigenvalue weighted by molar-refractivity contribution is 0.821. The molecule has 84 valence electrons. The smallest absolute Gasteiger partial charge is 0.0739 e. The maximum absolute atomic E-state index is 4.68. The molecular weight excluding hydrogens is 196 g/mol. The predicted octanol–water partition coefficient (Wildman–Crippen LogP) is 3.88. The van der Waals surface area contributed by atoms with Gasteiger partial charge in [0.15, 0.2) is 0 Å². The zero-order valence-electron chi connectivity index (χ0n) is 10.4. The van der Waals surface area contributed by atoms with Crippen LogP contribution >= 0.6 is 0 Å². The summed E-state index contributed by atoms with van der Waals surface area (Å²) in [6, 6.07) is 6.26. The quantitative estimate of drug-likeness (QED) is 0.758. The molecule has 0 atom stereocenters. The van der Waals surface area contributed by atoms with Gasteiger partial charge in [-0.3, -0.25) is 9.97 Å². The molecule has 2 heteroatoms. The molecule has 0 aliphatic heterocycles. The van der Waals surface area contributed by atoms with Crippen molar-refractivity contribution in [2.45, 2.75) is 39.5 Å². The van der Waals surface area contributed by atoms with E-state index in [1.54, 1.807) is 0 Å². The number of fused-ring (bicyclic) bond motifs is 1. The minimum absolute atomic E-state index is 0.440. The Morgan fingerprint density at radius 2 is 1.69 bits per heavy atom. The number of hydrogen-bond acceptors (Lipinski definition) is 2. The van der Waals surface area contributed by atoms with Crippen molar-refractivity contribution < 1.29 is 0 Å². The lowest BCUT2D eigenvalue weighted by atomic mass is 10.0. The molecule has 0 fully saturated rings. The van der Waals surface area contributed by atoms with Crippen molar-refractivity contribution in [3.8, 4) is 0 Å². The molecular formula is C14H18N2. The lowest BCUT2D eigenvalue weighted by Crippen LogP contribution is -1.97. The lowest BCUT2D eigenvalue weighted by Gasteiger charge is -2.10. The van der Waals surface area contributed by atoms with Crippen LogP contribution in [-0.2, 0) is 0 Å². The van der Waals surface area contributed by atoms with Gasteiger partial charge >= 0.3 is 0 Å². The largest absolute Gasteiger partial charge is 0.260 e. The highest BCUT2D eigenvalue weighted by atomic mass is 14.7. The monoisotopic (exact) mass is 214 g/mol. The van der Waals surface area contributed by atoms with Gasteiger partial charge in [0.2, 0.25) is 0 Å². The van der Waals surface area contributed by atoms with Crippen LogP contribution in [0.5, 0.6) is 0 Å². The molecule has 16 heavy (non-hydrogen) atoms. The fourth-order valence-electron chi connectivity index (χ4n) is 1.87. The fraction of sp³-hybridized carbons (Fsp3) is 0.429. The van der Waals surface area contributed by atoms with E-state index in [0.717, 1.165) is 16.9 Å². The van der Waals surface area contributed by atoms with Gasteiger partial charge in [0.1, 0.15) is 0 Å². The zero-order chi connectivity index (χ0) is 11.7. The SMILES string of the molecule is CC(C)c1ccc2c(C(C)C)nccc2n1. The Bertz CT molecular complexity index is 501. The predicted molar refractivity (Wildman–Crippen MR) is 67.7 cm³/mol. The van der Waals surface area contributed by atoms with Crippen LogP contribution in [0.25, 0.3) is 10.9 Å². The summed E-state index contributed by atoms with van der Waals surface area (Å²) in [6.45, 7) is 8.66. The third kappa shape index (κ3) is 1.92. The number of hydrogen-bond donors (Lipinski definition) is 0. The number of pyridine rings is 2. The topological polar surface area (TPSA) is 25.8 Å². The average molecular weight is 214 g/mol. The van der Waals surface area contributed by atoms with Crippen LogP contribution < -0.4 is 0 Å². The molecule has 0 amide bonds. The summed E-state index contributed by atoms with van der Waals surface area (Å²) < 4.78 is 0. The molecule has 2 rings (SSSR count). The highest BCUT2D eigenvalue weighted by Gasteiger charge is 2.08. The molecule has 2 heterocycles. The van der Waals surface area contributed by atoms with E-state index in [-0.39, 0.29) is 0 Å². The first-order valence-corrected chi connectivity index (χ1v) is 5.85. The Morgan fingerprint density at radius 3 is 2.31 bits per heavy atom. The summed E-state index contributed by atoms with van der Waals surface area (Å²) in [7, 11) is 0. The highest BCUT2D eigenvalue weighted by molar-refractivity contribution is 5.81. The van der Waals surface area contributed by atoms with Crippen molar-refractivity contribution >= 4 is 10.9 Å². The van der Waals surface area contributed by atoms with E-state index in [0.29, 0.717) is 11.8 Å². The van der Waals surface area contributed by atoms with Crippen LogP contribution in [0.3, 0.4) is 0 Å². The molecule has 0 aromatic carbocycles. The summed E-state index contributed by atoms with van der Waals surface area (Å²) >= 11 is 0. The Labute approximate surface area is 96.7 Å². The molecule has 2 aromatic heterocycles. The second-order valence-corrected chi connectivity index (χ2v) is 4.81. The number of rotatable bonds is 2. The van der Waals surface area contributed by atoms with Crippen molar-refractivity contribution in [3.05, 3.63) is 35.8 Å². The van der Waals surface area contributed by atoms with E-state index in [9.17, 15) is 0 Å². The van der Waals surface area contributed by atoms with Gasteiger partial charge in [-0.15, -0.1) is 0 Å². The minimum Gasteiger partial charge on any atom is -0.260 e. The first-order valence-electron chi connectivity index (χ1n) is 5.85. The summed E-state index contributed by atoms with van der Waals surface area (Å²) in [4.78, 5) is 9.12. The van der Waals surface area contributed by atoms with Crippen molar-refractivity contribution in [1.82, 2.24) is 9.97 Å². The van der Waals surface area contributed by atoms with Crippen molar-refractivity contribution in [2.24, 2.45) is 0 Å². The van der Waals surface area contributed by atoms with Gasteiger partial charge in [-0.1, -0.05) is 27.7 Å². The molecule has 0 aliphatic carbocycles. The van der Waals surface area contributed by atoms with Crippen molar-refractivity contribution in [2.75, 3.05) is 0 Å². The number of aromatic nitrogens is 2. The van der Waals surface area contributed by atoms with E-state index in [1.165, 1.54) is 5.39 Å². The summed E-state index contributed by atoms with van der Waals surface area (Å²) in [5, 5.41) is 1.18. The van der Waals surface area contributed by atoms with Gasteiger partial charge in [-0.2, -0.15) is 0 Å². The maximum Gasteiger partial charge on any atom is 0.0739 e. The van der Waals surface area contributed by atoms with E-state index in [2.05, 4.69) is 49.8 Å². The molecule has 0 spiro atoms. The van der Waals surface area contributed by atoms with Gasteiger partial charge in [0.25, 0.3) is 0 Å². The normalized spacial score (nSPS) is 11.6. The average Bonchev–Trinajstić information content (AvgIpc) is 2.27. The summed E-state index contributed by atoms with van der Waals surface area (Å²) in [5.74, 6) is 0.912. The molecule has 0 radical (unpaired) electrons. The van der Waals surface area contributed by atoms with E-state index < -0.39 is 0 Å². The second-order valence-electron chi connectivity index (χ2n) is 4.81. The molecule has 0 saturated carbocycles. The molecule has 0 unspecified atom stereocenters. The van der Waals surface area contributed by atoms with Crippen molar-refractivity contribution in [3.63, 3.8) is 0 Å². The molecule has 2 nitrogen and oxygen atoms in total. The van der Waals surface area contributed by atoms with Crippen LogP contribution in [-0.4, -0.2) is 9.97 Å². The standard InChI is InChI=1S/C14H18N2/c1-9(2)12-6-5-11-13(16-12)7-8-15-14(11)10(3)4/h5-10H,1-4H3. The van der Waals surface area contributed by atoms with Gasteiger partial charge in [0.05, 0.1) is 11.2 Å². The molecule has 2 aromatic rings. The Hall–Kier alpha value is -1.44. The Morgan fingerprint density at radius 1 is 0.938 bits per heavy atom. The van der Waals surface area contributed by atoms with Crippen LogP contribution in [0.1, 0.15) is 50.9 Å². The van der Waals surface area contributed by atoms with Gasteiger partial charge in [-0.05, 0) is 30.0 Å². The van der Waals surface area contributed by atoms with Crippen LogP contribution in [0.4, 0.5) is 0 Å². The molecule has 0 saturated heterocycles. The van der Waals surface area contributed by atoms with E-state index >= 15 is 0 Å². The van der Waals surface area contributed by atoms with Crippen molar-refractivity contribution in [1.29, 1.82) is 0 Å². The van der Waals surface area contributed by atoms with Gasteiger partial charge < -0.3 is 0 Å². The number of nitrogens with zero attached hydrogens (tertiary/aromatic N) is 2. The Kier molecular flexibility index (Phi) is 2.90. The molecule has 0 aliphatic rings. The maximum atomic E-state index is 4.68. The molecule has 0 N–H and O–H groups in total. The van der Waals surface area contributed by atoms with Crippen LogP contribution in [0, 0.1) is 0 Å². The zero-order valence-corrected chi connectivity index (χ0v) is 10.4. The first kappa shape index (κ1) is 11.1. The van der Waals surface area contributed by atoms with Gasteiger partial charge in [-0.25, -0.2) is 0 Å². The summed E-state index contributed by atoms with van der Waals surface area (Å²) in [6.07, 6.45) is 1.86. The van der Waals surface area contributed by atoms with Crippen LogP contribution in [0.15, 0.2) is 24.4 Å². The van der Waals surface area contributed by atoms with E-state index in [4.69, 9.17) is 0 Å². The third-order valence-electron chi connectivity index (χ3n) is 2.81. The summed E-state index contributed by atoms with van der Waals surface area (Å²) in [5.41, 5.74) is 3.35. The molecule has 0 bridgehead atoms. The highest BCUT2D eigenvalue weighted by Crippen LogP contribution is 2.23. The second kappa shape index (κ2) is 4.20. The van der Waals surface area contributed by atoms with Crippen LogP contribution in [0.2, 0.25) is 0 Å². The fourth-order valence-corrected chi connectivity index (χ4v) is 1.87. The van der Waals surface area contributed by atoms with E-state index in [1.807, 2.05) is 12.3 Å².